The zero-order valence-corrected chi connectivity index (χ0v) is 25.3. The minimum absolute atomic E-state index is 0.0130. The van der Waals surface area contributed by atoms with Gasteiger partial charge >= 0.3 is 6.18 Å². The van der Waals surface area contributed by atoms with Crippen LogP contribution < -0.4 is 10.6 Å². The monoisotopic (exact) mass is 638 g/mol. The lowest BCUT2D eigenvalue weighted by molar-refractivity contribution is -0.137. The predicted octanol–water partition coefficient (Wildman–Crippen LogP) is 5.13. The molecule has 236 valence electrons. The third-order valence-corrected chi connectivity index (χ3v) is 8.52. The highest BCUT2D eigenvalue weighted by molar-refractivity contribution is 7.09. The standard InChI is InChI=1S/C33H33F3N4O4S/c1-21-19-45-31(38-21)28-18-44-20-40(28)32(43)25-11-6-10-24(15-25)30(42)39-27(14-22-7-3-2-4-8-22)29(41)17-37-16-23-9-5-12-26(13-23)33(34,35)36/h2-13,15,19,27-29,37,41H,14,16-18,20H2,1H3,(H,39,42)/t27-,28+,29+/m0/s1. The van der Waals surface area contributed by atoms with Gasteiger partial charge in [0, 0.05) is 35.3 Å². The van der Waals surface area contributed by atoms with Crippen LogP contribution in [0.3, 0.4) is 0 Å². The Morgan fingerprint density at radius 2 is 1.78 bits per heavy atom. The number of aliphatic hydroxyl groups excluding tert-OH is 1. The summed E-state index contributed by atoms with van der Waals surface area (Å²) in [4.78, 5) is 33.0. The molecule has 45 heavy (non-hydrogen) atoms. The van der Waals surface area contributed by atoms with Gasteiger partial charge in [0.15, 0.2) is 0 Å². The number of carbonyl (C=O) groups excluding carboxylic acids is 2. The number of benzene rings is 3. The summed E-state index contributed by atoms with van der Waals surface area (Å²) in [5.74, 6) is -0.771. The van der Waals surface area contributed by atoms with E-state index < -0.39 is 29.8 Å². The molecule has 1 aliphatic heterocycles. The van der Waals surface area contributed by atoms with Gasteiger partial charge < -0.3 is 25.4 Å². The first-order chi connectivity index (χ1) is 21.6. The number of carbonyl (C=O) groups is 2. The lowest BCUT2D eigenvalue weighted by atomic mass is 10.00. The summed E-state index contributed by atoms with van der Waals surface area (Å²) in [7, 11) is 0. The molecule has 1 aliphatic rings. The number of hydrogen-bond donors (Lipinski definition) is 3. The molecule has 0 radical (unpaired) electrons. The molecule has 12 heteroatoms. The summed E-state index contributed by atoms with van der Waals surface area (Å²) in [6, 6.07) is 19.6. The van der Waals surface area contributed by atoms with Crippen LogP contribution in [0.25, 0.3) is 0 Å². The highest BCUT2D eigenvalue weighted by Crippen LogP contribution is 2.31. The summed E-state index contributed by atoms with van der Waals surface area (Å²) in [6.45, 7) is 2.44. The average molecular weight is 639 g/mol. The number of halogens is 3. The maximum absolute atomic E-state index is 13.5. The first-order valence-corrected chi connectivity index (χ1v) is 15.3. The molecule has 3 aromatic carbocycles. The molecule has 3 atom stereocenters. The Kier molecular flexibility index (Phi) is 10.3. The number of rotatable bonds is 11. The predicted molar refractivity (Wildman–Crippen MR) is 164 cm³/mol. The van der Waals surface area contributed by atoms with E-state index in [1.54, 1.807) is 29.2 Å². The maximum Gasteiger partial charge on any atom is 0.416 e. The number of hydrogen-bond acceptors (Lipinski definition) is 7. The molecular weight excluding hydrogens is 605 g/mol. The molecule has 8 nitrogen and oxygen atoms in total. The van der Waals surface area contributed by atoms with Crippen molar-refractivity contribution < 1.29 is 32.6 Å². The topological polar surface area (TPSA) is 104 Å². The lowest BCUT2D eigenvalue weighted by Crippen LogP contribution is -2.48. The van der Waals surface area contributed by atoms with Crippen molar-refractivity contribution in [3.05, 3.63) is 123 Å². The van der Waals surface area contributed by atoms with E-state index in [4.69, 9.17) is 4.74 Å². The van der Waals surface area contributed by atoms with Gasteiger partial charge in [0.2, 0.25) is 0 Å². The second-order valence-corrected chi connectivity index (χ2v) is 11.8. The zero-order chi connectivity index (χ0) is 32.0. The van der Waals surface area contributed by atoms with Crippen molar-refractivity contribution in [2.24, 2.45) is 0 Å². The average Bonchev–Trinajstić information content (AvgIpc) is 3.70. The van der Waals surface area contributed by atoms with Crippen LogP contribution in [0.15, 0.2) is 84.2 Å². The van der Waals surface area contributed by atoms with E-state index in [0.29, 0.717) is 24.2 Å². The summed E-state index contributed by atoms with van der Waals surface area (Å²) >= 11 is 1.46. The van der Waals surface area contributed by atoms with E-state index in [9.17, 15) is 27.9 Å². The van der Waals surface area contributed by atoms with Gasteiger partial charge in [-0.2, -0.15) is 13.2 Å². The van der Waals surface area contributed by atoms with Crippen LogP contribution in [0.5, 0.6) is 0 Å². The van der Waals surface area contributed by atoms with Gasteiger partial charge in [-0.05, 0) is 48.7 Å². The quantitative estimate of drug-likeness (QED) is 0.211. The molecule has 4 aromatic rings. The van der Waals surface area contributed by atoms with Gasteiger partial charge in [0.25, 0.3) is 11.8 Å². The van der Waals surface area contributed by atoms with Gasteiger partial charge in [0.1, 0.15) is 17.8 Å². The first-order valence-electron chi connectivity index (χ1n) is 14.4. The van der Waals surface area contributed by atoms with Gasteiger partial charge in [-0.25, -0.2) is 4.98 Å². The molecule has 5 rings (SSSR count). The number of aromatic nitrogens is 1. The number of alkyl halides is 3. The highest BCUT2D eigenvalue weighted by atomic mass is 32.1. The number of thiazole rings is 1. The van der Waals surface area contributed by atoms with E-state index >= 15 is 0 Å². The molecule has 0 bridgehead atoms. The van der Waals surface area contributed by atoms with Gasteiger partial charge in [-0.15, -0.1) is 11.3 Å². The van der Waals surface area contributed by atoms with E-state index in [2.05, 4.69) is 15.6 Å². The van der Waals surface area contributed by atoms with E-state index in [1.807, 2.05) is 42.6 Å². The number of ether oxygens (including phenoxy) is 1. The second kappa shape index (κ2) is 14.3. The number of amides is 2. The Morgan fingerprint density at radius 1 is 1.04 bits per heavy atom. The molecule has 1 fully saturated rings. The van der Waals surface area contributed by atoms with Crippen molar-refractivity contribution in [2.45, 2.75) is 44.3 Å². The molecule has 2 heterocycles. The van der Waals surface area contributed by atoms with Gasteiger partial charge in [-0.1, -0.05) is 54.6 Å². The normalized spacial score (nSPS) is 16.4. The third-order valence-electron chi connectivity index (χ3n) is 7.45. The number of nitrogens with one attached hydrogen (secondary N) is 2. The minimum atomic E-state index is -4.45. The Balaban J connectivity index is 1.26. The van der Waals surface area contributed by atoms with Gasteiger partial charge in [-0.3, -0.25) is 9.59 Å². The largest absolute Gasteiger partial charge is 0.416 e. The van der Waals surface area contributed by atoms with Crippen molar-refractivity contribution in [2.75, 3.05) is 19.9 Å². The molecule has 2 amide bonds. The van der Waals surface area contributed by atoms with Crippen molar-refractivity contribution in [1.82, 2.24) is 20.5 Å². The highest BCUT2D eigenvalue weighted by Gasteiger charge is 2.34. The number of nitrogens with zero attached hydrogens (tertiary/aromatic N) is 2. The van der Waals surface area contributed by atoms with Crippen LogP contribution in [-0.4, -0.2) is 58.8 Å². The summed E-state index contributed by atoms with van der Waals surface area (Å²) < 4.78 is 44.9. The Morgan fingerprint density at radius 3 is 2.51 bits per heavy atom. The third kappa shape index (κ3) is 8.34. The smallest absolute Gasteiger partial charge is 0.390 e. The van der Waals surface area contributed by atoms with Crippen molar-refractivity contribution >= 4 is 23.2 Å². The van der Waals surface area contributed by atoms with E-state index in [-0.39, 0.29) is 37.3 Å². The molecule has 0 unspecified atom stereocenters. The van der Waals surface area contributed by atoms with Crippen LogP contribution in [0.4, 0.5) is 13.2 Å². The zero-order valence-electron chi connectivity index (χ0n) is 24.5. The first kappa shape index (κ1) is 32.3. The summed E-state index contributed by atoms with van der Waals surface area (Å²) in [5.41, 5.74) is 1.97. The van der Waals surface area contributed by atoms with Crippen LogP contribution >= 0.6 is 11.3 Å². The molecule has 0 aliphatic carbocycles. The van der Waals surface area contributed by atoms with Crippen LogP contribution in [0.2, 0.25) is 0 Å². The number of aryl methyl sites for hydroxylation is 1. The molecule has 0 saturated carbocycles. The van der Waals surface area contributed by atoms with E-state index in [0.717, 1.165) is 28.4 Å². The molecule has 1 saturated heterocycles. The fraction of sp³-hybridized carbons (Fsp3) is 0.303. The molecule has 3 N–H and O–H groups in total. The molecular formula is C33H33F3N4O4S. The van der Waals surface area contributed by atoms with Crippen LogP contribution in [0, 0.1) is 6.92 Å². The fourth-order valence-corrected chi connectivity index (χ4v) is 5.99. The molecule has 0 spiro atoms. The minimum Gasteiger partial charge on any atom is -0.390 e. The second-order valence-electron chi connectivity index (χ2n) is 10.9. The Hall–Kier alpha value is -4.10. The van der Waals surface area contributed by atoms with Crippen LogP contribution in [-0.2, 0) is 23.9 Å². The maximum atomic E-state index is 13.5. The fourth-order valence-electron chi connectivity index (χ4n) is 5.10. The number of aliphatic hydroxyl groups is 1. The van der Waals surface area contributed by atoms with Crippen LogP contribution in [0.1, 0.15) is 54.1 Å². The van der Waals surface area contributed by atoms with Gasteiger partial charge in [0.05, 0.1) is 24.3 Å². The Labute approximate surface area is 262 Å². The Bertz CT molecular complexity index is 1610. The van der Waals surface area contributed by atoms with Crippen molar-refractivity contribution in [1.29, 1.82) is 0 Å². The molecule has 1 aromatic heterocycles. The summed E-state index contributed by atoms with van der Waals surface area (Å²) in [5, 5.41) is 19.7. The summed E-state index contributed by atoms with van der Waals surface area (Å²) in [6.07, 6.45) is -5.22. The lowest BCUT2D eigenvalue weighted by Gasteiger charge is -2.25. The van der Waals surface area contributed by atoms with Crippen molar-refractivity contribution in [3.8, 4) is 0 Å². The van der Waals surface area contributed by atoms with Crippen molar-refractivity contribution in [3.63, 3.8) is 0 Å². The SMILES string of the molecule is Cc1csc([C@H]2COCN2C(=O)c2cccc(C(=O)N[C@@H](Cc3ccccc3)[C@H](O)CNCc3cccc(C(F)(F)F)c3)c2)n1. The van der Waals surface area contributed by atoms with E-state index in [1.165, 1.54) is 23.5 Å².